The molecule has 0 rings (SSSR count). The molecule has 0 saturated heterocycles. The maximum absolute atomic E-state index is 0. The number of hydrogen-bond donors (Lipinski definition) is 0. The Labute approximate surface area is 87.9 Å². The van der Waals surface area contributed by atoms with Crippen LogP contribution in [0.15, 0.2) is 0 Å². The molecular weight excluding hydrogens is 431 g/mol. The molecule has 0 atom stereocenters. The van der Waals surface area contributed by atoms with Gasteiger partial charge in [-0.15, -0.1) is 0 Å². The Hall–Kier alpha value is 2.96. The van der Waals surface area contributed by atoms with Crippen LogP contribution in [0.3, 0.4) is 0 Å². The molecule has 0 bridgehead atoms. The molecule has 0 aromatic carbocycles. The monoisotopic (exact) mass is 428 g/mol. The van der Waals surface area contributed by atoms with E-state index in [1.54, 1.807) is 0 Å². The van der Waals surface area contributed by atoms with Gasteiger partial charge in [-0.3, -0.25) is 0 Å². The van der Waals surface area contributed by atoms with Crippen LogP contribution in [0.5, 0.6) is 0 Å². The summed E-state index contributed by atoms with van der Waals surface area (Å²) in [6, 6.07) is 0. The molecule has 0 aromatic heterocycles. The van der Waals surface area contributed by atoms with Gasteiger partial charge in [-0.2, -0.15) is 0 Å². The molecule has 0 aliphatic carbocycles. The predicted octanol–water partition coefficient (Wildman–Crippen LogP) is -0.0100. The van der Waals surface area contributed by atoms with Crippen LogP contribution in [0.4, 0.5) is 0 Å². The maximum Gasteiger partial charge on any atom is 0 e. The van der Waals surface area contributed by atoms with Crippen molar-refractivity contribution in [3.8, 4) is 0 Å². The van der Waals surface area contributed by atoms with Crippen LogP contribution in [-0.2, 0) is 89.5 Å². The fourth-order valence-corrected chi connectivity index (χ4v) is 0. The average Bonchev–Trinajstić information content (AvgIpc) is 0. The van der Waals surface area contributed by atoms with Crippen molar-refractivity contribution in [3.05, 3.63) is 0 Å². The van der Waals surface area contributed by atoms with Crippen molar-refractivity contribution in [1.29, 1.82) is 0 Å². The zero-order valence-electron chi connectivity index (χ0n) is 1.21. The fourth-order valence-electron chi connectivity index (χ4n) is 0. The van der Waals surface area contributed by atoms with Crippen LogP contribution >= 0.6 is 0 Å². The second-order valence-corrected chi connectivity index (χ2v) is 0. The summed E-state index contributed by atoms with van der Waals surface area (Å²) in [6.07, 6.45) is 0. The van der Waals surface area contributed by atoms with Crippen molar-refractivity contribution in [3.63, 3.8) is 0 Å². The molecule has 0 aliphatic heterocycles. The van der Waals surface area contributed by atoms with Gasteiger partial charge in [0.25, 0.3) is 0 Å². The second kappa shape index (κ2) is 16.7. The van der Waals surface area contributed by atoms with Crippen LogP contribution in [0.2, 0.25) is 0 Å². The van der Waals surface area contributed by atoms with Crippen molar-refractivity contribution in [2.75, 3.05) is 0 Å². The van der Waals surface area contributed by atoms with E-state index in [0.29, 0.717) is 0 Å². The van der Waals surface area contributed by atoms with Crippen molar-refractivity contribution in [2.45, 2.75) is 0 Å². The van der Waals surface area contributed by atoms with E-state index in [0.717, 1.165) is 0 Å². The minimum absolute atomic E-state index is 0. The molecule has 0 nitrogen and oxygen atoms in total. The SMILES string of the molecule is [Ag].[Ag].[Ag].[Ag]. The first-order valence-corrected chi connectivity index (χ1v) is 0. The normalized spacial score (nSPS) is 0. The third-order valence-corrected chi connectivity index (χ3v) is 0. The fraction of sp³-hybridized carbons (Fsp3) is 0. The molecule has 0 heterocycles. The zero-order chi connectivity index (χ0) is 0. The third-order valence-electron chi connectivity index (χ3n) is 0. The van der Waals surface area contributed by atoms with Gasteiger partial charge in [-0.25, -0.2) is 0 Å². The van der Waals surface area contributed by atoms with Crippen molar-refractivity contribution in [1.82, 2.24) is 0 Å². The van der Waals surface area contributed by atoms with Crippen molar-refractivity contribution < 1.29 is 89.5 Å². The van der Waals surface area contributed by atoms with Gasteiger partial charge >= 0.3 is 0 Å². The summed E-state index contributed by atoms with van der Waals surface area (Å²) in [5, 5.41) is 0. The molecule has 4 heteroatoms. The number of hydrogen-bond acceptors (Lipinski definition) is 0. The van der Waals surface area contributed by atoms with Crippen LogP contribution in [0.25, 0.3) is 0 Å². The summed E-state index contributed by atoms with van der Waals surface area (Å²) >= 11 is 0. The van der Waals surface area contributed by atoms with Gasteiger partial charge < -0.3 is 0 Å². The standard InChI is InChI=1S/4Ag. The van der Waals surface area contributed by atoms with E-state index in [2.05, 4.69) is 0 Å². The van der Waals surface area contributed by atoms with Gasteiger partial charge in [-0.1, -0.05) is 0 Å². The second-order valence-electron chi connectivity index (χ2n) is 0. The van der Waals surface area contributed by atoms with E-state index in [1.807, 2.05) is 0 Å². The van der Waals surface area contributed by atoms with E-state index in [4.69, 9.17) is 0 Å². The predicted molar refractivity (Wildman–Crippen MR) is 0 cm³/mol. The minimum Gasteiger partial charge on any atom is 0 e. The molecule has 0 aromatic rings. The van der Waals surface area contributed by atoms with Crippen LogP contribution < -0.4 is 0 Å². The molecule has 0 N–H and O–H groups in total. The average molecular weight is 431 g/mol. The van der Waals surface area contributed by atoms with Gasteiger partial charge in [0.2, 0.25) is 0 Å². The molecule has 0 saturated carbocycles. The maximum atomic E-state index is 0. The van der Waals surface area contributed by atoms with E-state index < -0.39 is 0 Å². The van der Waals surface area contributed by atoms with E-state index in [1.165, 1.54) is 0 Å². The van der Waals surface area contributed by atoms with Crippen molar-refractivity contribution >= 4 is 0 Å². The van der Waals surface area contributed by atoms with E-state index >= 15 is 0 Å². The smallest absolute Gasteiger partial charge is 0 e. The largest absolute Gasteiger partial charge is 0 e. The van der Waals surface area contributed by atoms with Gasteiger partial charge in [0.05, 0.1) is 0 Å². The summed E-state index contributed by atoms with van der Waals surface area (Å²) < 4.78 is 0. The Balaban J connectivity index is 0. The first-order chi connectivity index (χ1) is 0. The van der Waals surface area contributed by atoms with E-state index in [9.17, 15) is 0 Å². The molecule has 0 spiro atoms. The zero-order valence-corrected chi connectivity index (χ0v) is 7.14. The quantitative estimate of drug-likeness (QED) is 0.474. The minimum atomic E-state index is 0. The summed E-state index contributed by atoms with van der Waals surface area (Å²) in [4.78, 5) is 0. The topological polar surface area (TPSA) is 0 Å². The Morgan fingerprint density at radius 3 is 0.250 bits per heavy atom. The molecular formula is Ag4. The molecule has 0 unspecified atom stereocenters. The molecule has 4 radical (unpaired) electrons. The van der Waals surface area contributed by atoms with Gasteiger partial charge in [0.1, 0.15) is 0 Å². The summed E-state index contributed by atoms with van der Waals surface area (Å²) in [5.74, 6) is 0. The Kier molecular flexibility index (Phi) is 118. The van der Waals surface area contributed by atoms with Crippen LogP contribution in [0.1, 0.15) is 0 Å². The Bertz CT molecular complexity index is 0. The van der Waals surface area contributed by atoms with E-state index in [-0.39, 0.29) is 89.5 Å². The third kappa shape index (κ3) is 8.88. The molecule has 44 valence electrons. The van der Waals surface area contributed by atoms with Gasteiger partial charge in [-0.05, 0) is 0 Å². The molecule has 0 aliphatic rings. The Morgan fingerprint density at radius 2 is 0.250 bits per heavy atom. The van der Waals surface area contributed by atoms with Crippen molar-refractivity contribution in [2.24, 2.45) is 0 Å². The molecule has 4 heavy (non-hydrogen) atoms. The summed E-state index contributed by atoms with van der Waals surface area (Å²) in [7, 11) is 0. The molecule has 0 fully saturated rings. The van der Waals surface area contributed by atoms with Crippen LogP contribution in [0, 0.1) is 0 Å². The summed E-state index contributed by atoms with van der Waals surface area (Å²) in [6.45, 7) is 0. The first-order valence-electron chi connectivity index (χ1n) is 0. The van der Waals surface area contributed by atoms with Gasteiger partial charge in [0, 0.05) is 89.5 Å². The number of rotatable bonds is 0. The Morgan fingerprint density at radius 1 is 0.250 bits per heavy atom. The first kappa shape index (κ1) is 28.2. The van der Waals surface area contributed by atoms with Crippen LogP contribution in [-0.4, -0.2) is 0 Å². The summed E-state index contributed by atoms with van der Waals surface area (Å²) in [5.41, 5.74) is 0. The molecule has 0 amide bonds. The van der Waals surface area contributed by atoms with Gasteiger partial charge in [0.15, 0.2) is 0 Å².